The second-order valence-corrected chi connectivity index (χ2v) is 37.6. The Bertz CT molecular complexity index is 10300. The maximum absolute atomic E-state index is 5.24. The number of fused-ring (bicyclic) bond motifs is 18. The van der Waals surface area contributed by atoms with Crippen molar-refractivity contribution in [3.63, 3.8) is 0 Å². The molecule has 0 aliphatic heterocycles. The SMILES string of the molecule is c1ccc(-c2cccc(-c3nc(-c4ccccc4)nc(-n4c5ccccc5c5cc6c7ccccc7n(-c7ccccc7)c6cc54)n3)c2)cc1.c1ccc(-c2nc(-c3ccccc3)nc(-c3ccc(-n4c5ccccc5c5cc6c7ccccc7n(-c7ccccc7)c6cc54)cc3)n2)cc1.c1ccc(-c2nc(-c3ccccc3)nc(-c3cccc(-n4c5ccccc5c5cc6c7ccccc7n(-c7ccccc7)c6cc54)c3)n2)cc1. The molecular formula is C135H87N15. The molecule has 0 fully saturated rings. The molecule has 21 aromatic carbocycles. The van der Waals surface area contributed by atoms with Crippen molar-refractivity contribution < 1.29 is 0 Å². The van der Waals surface area contributed by atoms with Gasteiger partial charge in [0.1, 0.15) is 0 Å². The van der Waals surface area contributed by atoms with Crippen LogP contribution in [0.15, 0.2) is 528 Å². The van der Waals surface area contributed by atoms with Crippen LogP contribution in [0.3, 0.4) is 0 Å². The molecule has 0 radical (unpaired) electrons. The lowest BCUT2D eigenvalue weighted by molar-refractivity contribution is 0.953. The fraction of sp³-hybridized carbons (Fsp3) is 0. The van der Waals surface area contributed by atoms with E-state index in [1.807, 2.05) is 146 Å². The Kier molecular flexibility index (Phi) is 21.5. The first kappa shape index (κ1) is 87.3. The van der Waals surface area contributed by atoms with Gasteiger partial charge < -0.3 is 22.8 Å². The lowest BCUT2D eigenvalue weighted by atomic mass is 10.0. The van der Waals surface area contributed by atoms with Gasteiger partial charge in [0.25, 0.3) is 0 Å². The molecule has 0 saturated heterocycles. The van der Waals surface area contributed by atoms with Crippen LogP contribution in [0.2, 0.25) is 0 Å². The molecule has 30 rings (SSSR count). The van der Waals surface area contributed by atoms with Gasteiger partial charge in [-0.1, -0.05) is 376 Å². The summed E-state index contributed by atoms with van der Waals surface area (Å²) in [6, 6.07) is 184. The van der Waals surface area contributed by atoms with Crippen LogP contribution < -0.4 is 0 Å². The van der Waals surface area contributed by atoms with Gasteiger partial charge in [-0.3, -0.25) is 4.57 Å². The third-order valence-electron chi connectivity index (χ3n) is 28.7. The number of hydrogen-bond acceptors (Lipinski definition) is 9. The number of para-hydroxylation sites is 9. The van der Waals surface area contributed by atoms with Gasteiger partial charge in [-0.15, -0.1) is 0 Å². The first-order valence-electron chi connectivity index (χ1n) is 50.4. The van der Waals surface area contributed by atoms with Gasteiger partial charge >= 0.3 is 0 Å². The van der Waals surface area contributed by atoms with Gasteiger partial charge in [0, 0.05) is 138 Å². The highest BCUT2D eigenvalue weighted by atomic mass is 15.2. The zero-order chi connectivity index (χ0) is 99.1. The van der Waals surface area contributed by atoms with E-state index in [0.717, 1.165) is 133 Å². The molecule has 30 aromatic rings. The fourth-order valence-corrected chi connectivity index (χ4v) is 21.8. The Morgan fingerprint density at radius 3 is 0.600 bits per heavy atom. The quantitative estimate of drug-likeness (QED) is 0.0979. The van der Waals surface area contributed by atoms with E-state index in [1.54, 1.807) is 0 Å². The topological polar surface area (TPSA) is 146 Å². The van der Waals surface area contributed by atoms with Crippen LogP contribution in [0.1, 0.15) is 0 Å². The molecule has 0 atom stereocenters. The van der Waals surface area contributed by atoms with E-state index in [1.165, 1.54) is 81.4 Å². The van der Waals surface area contributed by atoms with E-state index >= 15 is 0 Å². The molecule has 9 aromatic heterocycles. The van der Waals surface area contributed by atoms with Gasteiger partial charge in [0.05, 0.1) is 66.2 Å². The third-order valence-corrected chi connectivity index (χ3v) is 28.7. The van der Waals surface area contributed by atoms with Gasteiger partial charge in [-0.2, -0.15) is 9.97 Å². The van der Waals surface area contributed by atoms with Crippen molar-refractivity contribution in [1.29, 1.82) is 0 Å². The maximum atomic E-state index is 5.24. The molecule has 0 bridgehead atoms. The minimum absolute atomic E-state index is 0.576. The summed E-state index contributed by atoms with van der Waals surface area (Å²) in [5.74, 6) is 5.69. The molecule has 150 heavy (non-hydrogen) atoms. The summed E-state index contributed by atoms with van der Waals surface area (Å²) < 4.78 is 14.1. The summed E-state index contributed by atoms with van der Waals surface area (Å²) in [5.41, 5.74) is 29.0. The summed E-state index contributed by atoms with van der Waals surface area (Å²) in [5, 5.41) is 14.6. The first-order valence-corrected chi connectivity index (χ1v) is 50.4. The summed E-state index contributed by atoms with van der Waals surface area (Å²) in [7, 11) is 0. The second kappa shape index (κ2) is 37.0. The van der Waals surface area contributed by atoms with Crippen LogP contribution in [0.25, 0.3) is 267 Å². The van der Waals surface area contributed by atoms with Crippen molar-refractivity contribution in [3.05, 3.63) is 528 Å². The van der Waals surface area contributed by atoms with Crippen molar-refractivity contribution >= 4 is 131 Å². The summed E-state index contributed by atoms with van der Waals surface area (Å²) in [6.45, 7) is 0. The Labute approximate surface area is 861 Å². The highest BCUT2D eigenvalue weighted by Gasteiger charge is 2.27. The highest BCUT2D eigenvalue weighted by Crippen LogP contribution is 2.46. The summed E-state index contributed by atoms with van der Waals surface area (Å²) >= 11 is 0. The van der Waals surface area contributed by atoms with E-state index in [-0.39, 0.29) is 0 Å². The predicted octanol–water partition coefficient (Wildman–Crippen LogP) is 33.2. The fourth-order valence-electron chi connectivity index (χ4n) is 21.8. The van der Waals surface area contributed by atoms with Crippen molar-refractivity contribution in [2.75, 3.05) is 0 Å². The number of aromatic nitrogens is 15. The monoisotopic (exact) mass is 1920 g/mol. The number of benzene rings is 21. The minimum atomic E-state index is 0.576. The molecule has 0 aliphatic carbocycles. The number of hydrogen-bond donors (Lipinski definition) is 0. The Balaban J connectivity index is 0.000000108. The van der Waals surface area contributed by atoms with Crippen LogP contribution in [-0.4, -0.2) is 72.3 Å². The average Bonchev–Trinajstić information content (AvgIpc) is 1.56. The first-order chi connectivity index (χ1) is 74.4. The molecule has 0 saturated carbocycles. The van der Waals surface area contributed by atoms with E-state index in [4.69, 9.17) is 44.9 Å². The number of rotatable bonds is 15. The van der Waals surface area contributed by atoms with Crippen molar-refractivity contribution in [2.45, 2.75) is 0 Å². The molecule has 9 heterocycles. The normalized spacial score (nSPS) is 11.6. The largest absolute Gasteiger partial charge is 0.309 e. The molecule has 15 heteroatoms. The molecule has 15 nitrogen and oxygen atoms in total. The smallest absolute Gasteiger partial charge is 0.238 e. The summed E-state index contributed by atoms with van der Waals surface area (Å²) in [6.07, 6.45) is 0. The lowest BCUT2D eigenvalue weighted by Crippen LogP contribution is -2.06. The van der Waals surface area contributed by atoms with Gasteiger partial charge in [0.15, 0.2) is 46.6 Å². The van der Waals surface area contributed by atoms with Crippen molar-refractivity contribution in [2.24, 2.45) is 0 Å². The molecule has 0 amide bonds. The third kappa shape index (κ3) is 15.4. The lowest BCUT2D eigenvalue weighted by Gasteiger charge is -2.12. The Hall–Kier alpha value is -20.6. The van der Waals surface area contributed by atoms with Crippen LogP contribution in [0.5, 0.6) is 0 Å². The zero-order valence-corrected chi connectivity index (χ0v) is 80.9. The molecular weight excluding hydrogens is 1830 g/mol. The van der Waals surface area contributed by atoms with E-state index < -0.39 is 0 Å². The second-order valence-electron chi connectivity index (χ2n) is 37.6. The predicted molar refractivity (Wildman–Crippen MR) is 614 cm³/mol. The van der Waals surface area contributed by atoms with Crippen LogP contribution in [0, 0.1) is 0 Å². The van der Waals surface area contributed by atoms with E-state index in [2.05, 4.69) is 410 Å². The maximum Gasteiger partial charge on any atom is 0.238 e. The molecule has 0 unspecified atom stereocenters. The highest BCUT2D eigenvalue weighted by molar-refractivity contribution is 6.23. The number of nitrogens with zero attached hydrogens (tertiary/aromatic N) is 15. The molecule has 0 N–H and O–H groups in total. The van der Waals surface area contributed by atoms with Gasteiger partial charge in [0.2, 0.25) is 5.95 Å². The minimum Gasteiger partial charge on any atom is -0.309 e. The molecule has 0 spiro atoms. The van der Waals surface area contributed by atoms with E-state index in [0.29, 0.717) is 52.5 Å². The van der Waals surface area contributed by atoms with Gasteiger partial charge in [-0.05, 0) is 163 Å². The Morgan fingerprint density at radius 2 is 0.293 bits per heavy atom. The Morgan fingerprint density at radius 1 is 0.100 bits per heavy atom. The molecule has 0 aliphatic rings. The zero-order valence-electron chi connectivity index (χ0n) is 80.9. The van der Waals surface area contributed by atoms with Crippen molar-refractivity contribution in [1.82, 2.24) is 72.3 Å². The van der Waals surface area contributed by atoms with Crippen LogP contribution in [-0.2, 0) is 0 Å². The van der Waals surface area contributed by atoms with Crippen LogP contribution >= 0.6 is 0 Å². The molecule has 702 valence electrons. The average molecular weight is 1920 g/mol. The summed E-state index contributed by atoms with van der Waals surface area (Å²) in [4.78, 5) is 45.2. The van der Waals surface area contributed by atoms with E-state index in [9.17, 15) is 0 Å². The van der Waals surface area contributed by atoms with Gasteiger partial charge in [-0.25, -0.2) is 34.9 Å². The standard InChI is InChI=1S/3C45H29N5/c1-4-15-30(16-5-1)32-19-14-20-33(27-32)44-46-43(31-17-6-2-7-18-31)47-45(48-44)50-40-26-13-11-24-36(40)38-28-37-35-23-10-12-25-39(35)49(41(37)29-42(38)50)34-21-8-3-9-22-34;1-4-15-30(16-5-1)43-46-44(31-17-6-2-7-18-31)48-45(47-43)32-19-14-22-34(27-32)50-40-26-13-11-24-36(40)38-28-37-35-23-10-12-25-39(35)49(41(37)29-42(38)50)33-20-8-3-9-21-33;1-4-14-30(15-5-1)43-46-44(31-16-6-2-7-17-31)48-45(47-43)32-24-26-34(27-25-32)50-40-23-13-11-21-36(40)38-28-37-35-20-10-12-22-39(35)49(41(37)29-42(38)50)33-18-8-3-9-19-33/h3*1-29H. The van der Waals surface area contributed by atoms with Crippen molar-refractivity contribution in [3.8, 4) is 137 Å². The van der Waals surface area contributed by atoms with Crippen LogP contribution in [0.4, 0.5) is 0 Å².